The van der Waals surface area contributed by atoms with Gasteiger partial charge in [0.2, 0.25) is 0 Å². The summed E-state index contributed by atoms with van der Waals surface area (Å²) in [5, 5.41) is 22.2. The molecule has 0 unspecified atom stereocenters. The Balaban J connectivity index is 1.48. The fourth-order valence-corrected chi connectivity index (χ4v) is 3.48. The lowest BCUT2D eigenvalue weighted by Crippen LogP contribution is -2.29. The van der Waals surface area contributed by atoms with Gasteiger partial charge in [0.05, 0.1) is 18.3 Å². The zero-order valence-electron chi connectivity index (χ0n) is 16.8. The zero-order chi connectivity index (χ0) is 20.9. The van der Waals surface area contributed by atoms with E-state index in [9.17, 15) is 0 Å². The standard InChI is InChI=1S/C24H23N5O/c1-30-19-10-11-20-17(14-15-27-22(20)16-19)8-5-9-23(25)29-24(26)13-12-21(28-29)18-6-3-2-4-7-18/h2-4,6-7,10-16,25-26H,5,8-9H2,1H3. The van der Waals surface area contributed by atoms with Crippen molar-refractivity contribution in [2.45, 2.75) is 19.3 Å². The summed E-state index contributed by atoms with van der Waals surface area (Å²) in [4.78, 5) is 4.43. The molecule has 0 saturated heterocycles. The highest BCUT2D eigenvalue weighted by atomic mass is 16.5. The van der Waals surface area contributed by atoms with Crippen molar-refractivity contribution in [2.75, 3.05) is 7.11 Å². The Morgan fingerprint density at radius 2 is 1.87 bits per heavy atom. The van der Waals surface area contributed by atoms with Gasteiger partial charge < -0.3 is 4.74 Å². The lowest BCUT2D eigenvalue weighted by Gasteiger charge is -2.11. The molecular weight excluding hydrogens is 374 g/mol. The minimum Gasteiger partial charge on any atom is -0.497 e. The monoisotopic (exact) mass is 397 g/mol. The van der Waals surface area contributed by atoms with Crippen molar-refractivity contribution in [3.05, 3.63) is 84.0 Å². The Kier molecular flexibility index (Phi) is 5.66. The van der Waals surface area contributed by atoms with Crippen LogP contribution in [0.2, 0.25) is 0 Å². The number of hydrogen-bond acceptors (Lipinski definition) is 5. The predicted octanol–water partition coefficient (Wildman–Crippen LogP) is 4.43. The van der Waals surface area contributed by atoms with Gasteiger partial charge in [-0.05, 0) is 48.7 Å². The van der Waals surface area contributed by atoms with Gasteiger partial charge >= 0.3 is 0 Å². The van der Waals surface area contributed by atoms with Gasteiger partial charge in [-0.2, -0.15) is 5.10 Å². The van der Waals surface area contributed by atoms with Crippen LogP contribution in [0.3, 0.4) is 0 Å². The van der Waals surface area contributed by atoms with Crippen LogP contribution in [-0.4, -0.2) is 27.7 Å². The van der Waals surface area contributed by atoms with E-state index >= 15 is 0 Å². The first-order valence-corrected chi connectivity index (χ1v) is 9.85. The molecule has 0 spiro atoms. The van der Waals surface area contributed by atoms with Crippen LogP contribution in [0.1, 0.15) is 18.4 Å². The summed E-state index contributed by atoms with van der Waals surface area (Å²) in [6.45, 7) is 0. The number of nitrogens with one attached hydrogen (secondary N) is 2. The first-order valence-electron chi connectivity index (χ1n) is 9.85. The van der Waals surface area contributed by atoms with Crippen molar-refractivity contribution in [2.24, 2.45) is 0 Å². The molecule has 0 saturated carbocycles. The number of hydrogen-bond donors (Lipinski definition) is 2. The Labute approximate surface area is 174 Å². The molecule has 150 valence electrons. The third kappa shape index (κ3) is 4.12. The highest BCUT2D eigenvalue weighted by Crippen LogP contribution is 2.23. The van der Waals surface area contributed by atoms with E-state index in [1.54, 1.807) is 13.2 Å². The lowest BCUT2D eigenvalue weighted by molar-refractivity contribution is 0.415. The van der Waals surface area contributed by atoms with Gasteiger partial charge in [0.1, 0.15) is 17.1 Å². The molecular formula is C24H23N5O. The summed E-state index contributed by atoms with van der Waals surface area (Å²) in [6, 6.07) is 21.3. The number of methoxy groups -OCH3 is 1. The van der Waals surface area contributed by atoms with Gasteiger partial charge in [-0.1, -0.05) is 30.3 Å². The summed E-state index contributed by atoms with van der Waals surface area (Å²) < 4.78 is 6.70. The molecule has 0 aliphatic heterocycles. The molecule has 0 aliphatic carbocycles. The van der Waals surface area contributed by atoms with Gasteiger partial charge in [0.15, 0.2) is 0 Å². The van der Waals surface area contributed by atoms with E-state index in [1.165, 1.54) is 10.2 Å². The Morgan fingerprint density at radius 3 is 2.67 bits per heavy atom. The molecule has 0 atom stereocenters. The normalized spacial score (nSPS) is 10.8. The molecule has 2 heterocycles. The maximum Gasteiger partial charge on any atom is 0.148 e. The number of ether oxygens (including phenoxy) is 1. The second kappa shape index (κ2) is 8.69. The number of aromatic nitrogens is 3. The second-order valence-corrected chi connectivity index (χ2v) is 7.04. The highest BCUT2D eigenvalue weighted by molar-refractivity contribution is 5.84. The van der Waals surface area contributed by atoms with Crippen LogP contribution in [0.5, 0.6) is 5.75 Å². The van der Waals surface area contributed by atoms with E-state index in [-0.39, 0.29) is 5.49 Å². The predicted molar refractivity (Wildman–Crippen MR) is 118 cm³/mol. The minimum atomic E-state index is 0.209. The molecule has 6 heteroatoms. The molecule has 0 amide bonds. The maximum atomic E-state index is 8.46. The average Bonchev–Trinajstić information content (AvgIpc) is 2.79. The SMILES string of the molecule is COc1ccc2c(CCCC(=N)n3nc(-c4ccccc4)ccc3=N)ccnc2c1. The summed E-state index contributed by atoms with van der Waals surface area (Å²) in [5.74, 6) is 1.11. The average molecular weight is 397 g/mol. The molecule has 4 rings (SSSR count). The van der Waals surface area contributed by atoms with E-state index in [4.69, 9.17) is 15.6 Å². The minimum absolute atomic E-state index is 0.209. The van der Waals surface area contributed by atoms with E-state index in [1.807, 2.05) is 66.9 Å². The van der Waals surface area contributed by atoms with Gasteiger partial charge in [0, 0.05) is 29.6 Å². The first-order chi connectivity index (χ1) is 14.7. The Hall–Kier alpha value is -3.80. The van der Waals surface area contributed by atoms with Crippen LogP contribution in [-0.2, 0) is 6.42 Å². The molecule has 6 nitrogen and oxygen atoms in total. The number of fused-ring (bicyclic) bond motifs is 1. The third-order valence-corrected chi connectivity index (χ3v) is 5.06. The second-order valence-electron chi connectivity index (χ2n) is 7.04. The molecule has 2 N–H and O–H groups in total. The van der Waals surface area contributed by atoms with Crippen molar-refractivity contribution in [3.8, 4) is 17.0 Å². The largest absolute Gasteiger partial charge is 0.497 e. The zero-order valence-corrected chi connectivity index (χ0v) is 16.8. The van der Waals surface area contributed by atoms with E-state index < -0.39 is 0 Å². The molecule has 0 bridgehead atoms. The van der Waals surface area contributed by atoms with Crippen LogP contribution < -0.4 is 10.2 Å². The van der Waals surface area contributed by atoms with Crippen LogP contribution in [0.25, 0.3) is 22.2 Å². The molecule has 2 aromatic carbocycles. The van der Waals surface area contributed by atoms with E-state index in [2.05, 4.69) is 10.1 Å². The summed E-state index contributed by atoms with van der Waals surface area (Å²) in [6.07, 6.45) is 3.94. The maximum absolute atomic E-state index is 8.46. The fourth-order valence-electron chi connectivity index (χ4n) is 3.48. The number of aryl methyl sites for hydroxylation is 1. The topological polar surface area (TPSA) is 87.6 Å². The van der Waals surface area contributed by atoms with Crippen molar-refractivity contribution in [1.82, 2.24) is 14.8 Å². The van der Waals surface area contributed by atoms with Gasteiger partial charge in [-0.15, -0.1) is 0 Å². The number of benzene rings is 2. The van der Waals surface area contributed by atoms with E-state index in [0.29, 0.717) is 12.3 Å². The Morgan fingerprint density at radius 1 is 1.03 bits per heavy atom. The third-order valence-electron chi connectivity index (χ3n) is 5.06. The highest BCUT2D eigenvalue weighted by Gasteiger charge is 2.08. The smallest absolute Gasteiger partial charge is 0.148 e. The van der Waals surface area contributed by atoms with Crippen molar-refractivity contribution < 1.29 is 4.74 Å². The number of rotatable bonds is 6. The van der Waals surface area contributed by atoms with Gasteiger partial charge in [-0.3, -0.25) is 15.8 Å². The molecule has 2 aromatic heterocycles. The van der Waals surface area contributed by atoms with Gasteiger partial charge in [0.25, 0.3) is 0 Å². The molecule has 0 fully saturated rings. The molecule has 30 heavy (non-hydrogen) atoms. The van der Waals surface area contributed by atoms with Crippen LogP contribution >= 0.6 is 0 Å². The van der Waals surface area contributed by atoms with Crippen LogP contribution in [0.15, 0.2) is 72.9 Å². The van der Waals surface area contributed by atoms with Crippen molar-refractivity contribution in [1.29, 1.82) is 10.8 Å². The van der Waals surface area contributed by atoms with Gasteiger partial charge in [-0.25, -0.2) is 4.68 Å². The lowest BCUT2D eigenvalue weighted by atomic mass is 10.0. The summed E-state index contributed by atoms with van der Waals surface area (Å²) in [7, 11) is 1.65. The first kappa shape index (κ1) is 19.5. The quantitative estimate of drug-likeness (QED) is 0.372. The molecule has 0 aliphatic rings. The molecule has 0 radical (unpaired) electrons. The summed E-state index contributed by atoms with van der Waals surface area (Å²) in [5.41, 5.74) is 4.03. The van der Waals surface area contributed by atoms with Crippen LogP contribution in [0.4, 0.5) is 0 Å². The van der Waals surface area contributed by atoms with Crippen molar-refractivity contribution in [3.63, 3.8) is 0 Å². The van der Waals surface area contributed by atoms with E-state index in [0.717, 1.165) is 40.8 Å². The van der Waals surface area contributed by atoms with Crippen LogP contribution in [0, 0.1) is 10.8 Å². The van der Waals surface area contributed by atoms with Crippen molar-refractivity contribution >= 4 is 16.7 Å². The number of nitrogens with zero attached hydrogens (tertiary/aromatic N) is 3. The summed E-state index contributed by atoms with van der Waals surface area (Å²) >= 11 is 0. The fraction of sp³-hybridized carbons (Fsp3) is 0.167. The number of pyridine rings is 1. The Bertz CT molecular complexity index is 1250. The molecule has 4 aromatic rings.